The van der Waals surface area contributed by atoms with Crippen LogP contribution in [0.15, 0.2) is 12.4 Å². The van der Waals surface area contributed by atoms with Crippen molar-refractivity contribution in [1.29, 1.82) is 0 Å². The summed E-state index contributed by atoms with van der Waals surface area (Å²) in [7, 11) is 0. The Morgan fingerprint density at radius 3 is 2.81 bits per heavy atom. The molecule has 1 saturated carbocycles. The fourth-order valence-electron chi connectivity index (χ4n) is 3.28. The van der Waals surface area contributed by atoms with E-state index in [0.717, 1.165) is 18.3 Å². The van der Waals surface area contributed by atoms with Crippen LogP contribution in [0.25, 0.3) is 0 Å². The number of aromatic nitrogens is 2. The lowest BCUT2D eigenvalue weighted by Crippen LogP contribution is -2.43. The van der Waals surface area contributed by atoms with E-state index in [1.807, 2.05) is 0 Å². The van der Waals surface area contributed by atoms with Gasteiger partial charge in [0.25, 0.3) is 0 Å². The summed E-state index contributed by atoms with van der Waals surface area (Å²) in [6.45, 7) is 1.09. The van der Waals surface area contributed by atoms with Gasteiger partial charge < -0.3 is 10.6 Å². The van der Waals surface area contributed by atoms with Gasteiger partial charge in [0.15, 0.2) is 11.6 Å². The Bertz CT molecular complexity index is 379. The fraction of sp³-hybridized carbons (Fsp3) is 0.667. The van der Waals surface area contributed by atoms with Crippen LogP contribution < -0.4 is 10.6 Å². The Labute approximate surface area is 95.9 Å². The summed E-state index contributed by atoms with van der Waals surface area (Å²) in [5, 5.41) is 0. The number of piperidine rings is 1. The average Bonchev–Trinajstić information content (AvgIpc) is 2.77. The molecular formula is C12H18N4. The predicted molar refractivity (Wildman–Crippen MR) is 64.2 cm³/mol. The Balaban J connectivity index is 1.91. The van der Waals surface area contributed by atoms with Gasteiger partial charge in [-0.25, -0.2) is 9.97 Å². The predicted octanol–water partition coefficient (Wildman–Crippen LogP) is 1.83. The zero-order valence-corrected chi connectivity index (χ0v) is 9.47. The van der Waals surface area contributed by atoms with Crippen molar-refractivity contribution in [2.45, 2.75) is 38.1 Å². The van der Waals surface area contributed by atoms with Crippen LogP contribution in [0.1, 0.15) is 32.1 Å². The molecule has 16 heavy (non-hydrogen) atoms. The van der Waals surface area contributed by atoms with E-state index >= 15 is 0 Å². The smallest absolute Gasteiger partial charge is 0.171 e. The fourth-order valence-corrected chi connectivity index (χ4v) is 3.28. The SMILES string of the molecule is Nc1nccnc1N1CCCC2CCCC21. The summed E-state index contributed by atoms with van der Waals surface area (Å²) in [6.07, 6.45) is 10.1. The molecule has 86 valence electrons. The van der Waals surface area contributed by atoms with E-state index in [2.05, 4.69) is 14.9 Å². The Hall–Kier alpha value is -1.32. The number of nitrogens with zero attached hydrogens (tertiary/aromatic N) is 3. The zero-order valence-electron chi connectivity index (χ0n) is 9.47. The molecule has 2 aliphatic rings. The van der Waals surface area contributed by atoms with Gasteiger partial charge in [0.05, 0.1) is 0 Å². The Kier molecular flexibility index (Phi) is 2.42. The first kappa shape index (κ1) is 9.87. The summed E-state index contributed by atoms with van der Waals surface area (Å²) in [5.74, 6) is 2.34. The molecule has 2 heterocycles. The standard InChI is InChI=1S/C12H18N4/c13-11-12(15-7-6-14-11)16-8-2-4-9-3-1-5-10(9)16/h6-7,9-10H,1-5,8H2,(H2,13,14). The summed E-state index contributed by atoms with van der Waals surface area (Å²) in [4.78, 5) is 10.9. The first-order valence-corrected chi connectivity index (χ1v) is 6.19. The van der Waals surface area contributed by atoms with Gasteiger partial charge in [0, 0.05) is 25.0 Å². The maximum atomic E-state index is 5.92. The zero-order chi connectivity index (χ0) is 11.0. The minimum Gasteiger partial charge on any atom is -0.381 e. The van der Waals surface area contributed by atoms with E-state index in [1.165, 1.54) is 32.1 Å². The molecule has 1 aliphatic carbocycles. The van der Waals surface area contributed by atoms with Crippen molar-refractivity contribution >= 4 is 11.6 Å². The van der Waals surface area contributed by atoms with Crippen molar-refractivity contribution < 1.29 is 0 Å². The van der Waals surface area contributed by atoms with Gasteiger partial charge in [-0.2, -0.15) is 0 Å². The third kappa shape index (κ3) is 1.52. The van der Waals surface area contributed by atoms with Crippen molar-refractivity contribution in [2.75, 3.05) is 17.2 Å². The van der Waals surface area contributed by atoms with Crippen molar-refractivity contribution in [3.8, 4) is 0 Å². The number of hydrogen-bond donors (Lipinski definition) is 1. The summed E-state index contributed by atoms with van der Waals surface area (Å²) >= 11 is 0. The number of fused-ring (bicyclic) bond motifs is 1. The average molecular weight is 218 g/mol. The van der Waals surface area contributed by atoms with Crippen LogP contribution in [0.2, 0.25) is 0 Å². The van der Waals surface area contributed by atoms with Gasteiger partial charge >= 0.3 is 0 Å². The van der Waals surface area contributed by atoms with Gasteiger partial charge in [-0.3, -0.25) is 0 Å². The third-order valence-electron chi connectivity index (χ3n) is 3.97. The summed E-state index contributed by atoms with van der Waals surface area (Å²) < 4.78 is 0. The van der Waals surface area contributed by atoms with Gasteiger partial charge in [-0.1, -0.05) is 6.42 Å². The molecule has 4 nitrogen and oxygen atoms in total. The minimum absolute atomic E-state index is 0.579. The molecule has 1 saturated heterocycles. The second kappa shape index (κ2) is 3.92. The number of nitrogens with two attached hydrogens (primary N) is 1. The molecule has 2 atom stereocenters. The first-order chi connectivity index (χ1) is 7.86. The molecule has 0 aromatic carbocycles. The topological polar surface area (TPSA) is 55.0 Å². The first-order valence-electron chi connectivity index (χ1n) is 6.19. The Morgan fingerprint density at radius 2 is 1.94 bits per heavy atom. The van der Waals surface area contributed by atoms with Crippen molar-refractivity contribution in [1.82, 2.24) is 9.97 Å². The minimum atomic E-state index is 0.579. The summed E-state index contributed by atoms with van der Waals surface area (Å²) in [6, 6.07) is 0.660. The lowest BCUT2D eigenvalue weighted by Gasteiger charge is -2.38. The van der Waals surface area contributed by atoms with Crippen molar-refractivity contribution in [3.63, 3.8) is 0 Å². The van der Waals surface area contributed by atoms with Crippen LogP contribution in [0.4, 0.5) is 11.6 Å². The molecule has 2 unspecified atom stereocenters. The van der Waals surface area contributed by atoms with Crippen molar-refractivity contribution in [2.24, 2.45) is 5.92 Å². The van der Waals surface area contributed by atoms with Gasteiger partial charge in [0.2, 0.25) is 0 Å². The highest BCUT2D eigenvalue weighted by Gasteiger charge is 2.36. The molecule has 1 aliphatic heterocycles. The lowest BCUT2D eigenvalue weighted by molar-refractivity contribution is 0.360. The van der Waals surface area contributed by atoms with E-state index in [-0.39, 0.29) is 0 Å². The number of anilines is 2. The van der Waals surface area contributed by atoms with E-state index < -0.39 is 0 Å². The van der Waals surface area contributed by atoms with E-state index in [0.29, 0.717) is 11.9 Å². The second-order valence-corrected chi connectivity index (χ2v) is 4.86. The van der Waals surface area contributed by atoms with Gasteiger partial charge in [0.1, 0.15) is 0 Å². The number of nitrogen functional groups attached to an aromatic ring is 1. The van der Waals surface area contributed by atoms with E-state index in [4.69, 9.17) is 5.73 Å². The summed E-state index contributed by atoms with van der Waals surface area (Å²) in [5.41, 5.74) is 5.92. The van der Waals surface area contributed by atoms with E-state index in [9.17, 15) is 0 Å². The number of hydrogen-bond acceptors (Lipinski definition) is 4. The molecule has 1 aromatic heterocycles. The maximum Gasteiger partial charge on any atom is 0.171 e. The highest BCUT2D eigenvalue weighted by molar-refractivity contribution is 5.58. The highest BCUT2D eigenvalue weighted by Crippen LogP contribution is 2.39. The van der Waals surface area contributed by atoms with Crippen LogP contribution in [-0.4, -0.2) is 22.6 Å². The molecule has 0 spiro atoms. The molecule has 2 fully saturated rings. The van der Waals surface area contributed by atoms with Gasteiger partial charge in [-0.15, -0.1) is 0 Å². The second-order valence-electron chi connectivity index (χ2n) is 4.86. The van der Waals surface area contributed by atoms with Gasteiger partial charge in [-0.05, 0) is 31.6 Å². The molecule has 2 N–H and O–H groups in total. The van der Waals surface area contributed by atoms with Crippen molar-refractivity contribution in [3.05, 3.63) is 12.4 Å². The Morgan fingerprint density at radius 1 is 1.12 bits per heavy atom. The number of rotatable bonds is 1. The van der Waals surface area contributed by atoms with Crippen LogP contribution in [-0.2, 0) is 0 Å². The lowest BCUT2D eigenvalue weighted by atomic mass is 9.92. The normalized spacial score (nSPS) is 29.1. The van der Waals surface area contributed by atoms with Crippen LogP contribution in [0.5, 0.6) is 0 Å². The van der Waals surface area contributed by atoms with Crippen LogP contribution >= 0.6 is 0 Å². The van der Waals surface area contributed by atoms with E-state index in [1.54, 1.807) is 12.4 Å². The largest absolute Gasteiger partial charge is 0.381 e. The van der Waals surface area contributed by atoms with Crippen LogP contribution in [0, 0.1) is 5.92 Å². The molecule has 0 bridgehead atoms. The highest BCUT2D eigenvalue weighted by atomic mass is 15.2. The maximum absolute atomic E-state index is 5.92. The molecule has 0 amide bonds. The quantitative estimate of drug-likeness (QED) is 0.781. The molecular weight excluding hydrogens is 200 g/mol. The van der Waals surface area contributed by atoms with Crippen LogP contribution in [0.3, 0.4) is 0 Å². The molecule has 1 aromatic rings. The monoisotopic (exact) mass is 218 g/mol. The molecule has 3 rings (SSSR count). The molecule has 4 heteroatoms. The third-order valence-corrected chi connectivity index (χ3v) is 3.97. The molecule has 0 radical (unpaired) electrons.